The molecule has 5 rings (SSSR count). The van der Waals surface area contributed by atoms with E-state index >= 15 is 0 Å². The lowest BCUT2D eigenvalue weighted by Gasteiger charge is -2.23. The standard InChI is InChI=1S/C31H24Cl2F2N8O/c32-24-10-5-4-9-22(24)30(27-17-43(42-41-27)31(34,35)18-44)39-21-13-23-28(20(15-37)16-38-29(23)25(33)14-21)40-26(11-6-12-36)19-7-2-1-3-8-19/h1-5,7-10,13-14,16-17,26,30,39,44H,6,11,18H2,(H,38,40)/t26-,30+/m1/s1. The van der Waals surface area contributed by atoms with E-state index in [0.29, 0.717) is 39.3 Å². The Morgan fingerprint density at radius 1 is 1.00 bits per heavy atom. The Balaban J connectivity index is 1.62. The van der Waals surface area contributed by atoms with Gasteiger partial charge in [0.05, 0.1) is 46.1 Å². The SMILES string of the molecule is N#CCC[C@@H](Nc1c(C#N)cnc2c(Cl)cc(N[C@H](c3cn(C(F)(F)CO)nn3)c3ccccc3Cl)cc12)c1ccccc1. The third-order valence-corrected chi connectivity index (χ3v) is 7.60. The number of fused-ring (bicyclic) bond motifs is 1. The van der Waals surface area contributed by atoms with Crippen LogP contribution in [-0.2, 0) is 6.05 Å². The molecule has 13 heteroatoms. The van der Waals surface area contributed by atoms with E-state index < -0.39 is 18.7 Å². The van der Waals surface area contributed by atoms with Gasteiger partial charge in [-0.3, -0.25) is 4.98 Å². The molecule has 3 aromatic carbocycles. The zero-order valence-corrected chi connectivity index (χ0v) is 24.4. The van der Waals surface area contributed by atoms with E-state index in [1.165, 1.54) is 6.20 Å². The molecule has 9 nitrogen and oxygen atoms in total. The second-order valence-electron chi connectivity index (χ2n) is 9.83. The number of pyridine rings is 1. The molecule has 2 heterocycles. The minimum Gasteiger partial charge on any atom is -0.388 e. The predicted molar refractivity (Wildman–Crippen MR) is 163 cm³/mol. The molecule has 0 aliphatic heterocycles. The van der Waals surface area contributed by atoms with Crippen LogP contribution in [-0.4, -0.2) is 31.7 Å². The lowest BCUT2D eigenvalue weighted by Crippen LogP contribution is -2.27. The maximum atomic E-state index is 14.2. The molecule has 0 radical (unpaired) electrons. The highest BCUT2D eigenvalue weighted by atomic mass is 35.5. The van der Waals surface area contributed by atoms with Gasteiger partial charge in [-0.15, -0.1) is 5.10 Å². The van der Waals surface area contributed by atoms with Crippen LogP contribution in [0.25, 0.3) is 10.9 Å². The Kier molecular flexibility index (Phi) is 9.21. The third-order valence-electron chi connectivity index (χ3n) is 6.97. The summed E-state index contributed by atoms with van der Waals surface area (Å²) < 4.78 is 28.7. The Bertz CT molecular complexity index is 1870. The fourth-order valence-electron chi connectivity index (χ4n) is 4.80. The van der Waals surface area contributed by atoms with Gasteiger partial charge in [0.2, 0.25) is 0 Å². The van der Waals surface area contributed by atoms with Crippen LogP contribution in [0.4, 0.5) is 20.2 Å². The van der Waals surface area contributed by atoms with Gasteiger partial charge >= 0.3 is 6.05 Å². The zero-order valence-electron chi connectivity index (χ0n) is 22.9. The number of alkyl halides is 2. The number of rotatable bonds is 11. The van der Waals surface area contributed by atoms with Crippen LogP contribution < -0.4 is 10.6 Å². The van der Waals surface area contributed by atoms with E-state index in [0.717, 1.165) is 11.8 Å². The van der Waals surface area contributed by atoms with Gasteiger partial charge < -0.3 is 15.7 Å². The molecule has 0 saturated heterocycles. The second kappa shape index (κ2) is 13.2. The summed E-state index contributed by atoms with van der Waals surface area (Å²) in [7, 11) is 0. The van der Waals surface area contributed by atoms with E-state index in [1.807, 2.05) is 30.3 Å². The van der Waals surface area contributed by atoms with Gasteiger partial charge in [-0.2, -0.15) is 24.0 Å². The van der Waals surface area contributed by atoms with Gasteiger partial charge in [-0.05, 0) is 35.7 Å². The molecular formula is C31H24Cl2F2N8O. The molecule has 0 spiro atoms. The van der Waals surface area contributed by atoms with Crippen molar-refractivity contribution in [1.29, 1.82) is 10.5 Å². The Morgan fingerprint density at radius 2 is 1.75 bits per heavy atom. The molecule has 0 saturated carbocycles. The minimum absolute atomic E-state index is 0.102. The fraction of sp³-hybridized carbons (Fsp3) is 0.194. The summed E-state index contributed by atoms with van der Waals surface area (Å²) in [6, 6.07) is 19.3. The molecule has 3 N–H and O–H groups in total. The summed E-state index contributed by atoms with van der Waals surface area (Å²) >= 11 is 13.2. The quantitative estimate of drug-likeness (QED) is 0.139. The van der Waals surface area contributed by atoms with E-state index in [4.69, 9.17) is 28.3 Å². The van der Waals surface area contributed by atoms with Crippen molar-refractivity contribution in [3.8, 4) is 12.1 Å². The van der Waals surface area contributed by atoms with Crippen LogP contribution in [0.3, 0.4) is 0 Å². The van der Waals surface area contributed by atoms with Crippen LogP contribution in [0.5, 0.6) is 0 Å². The molecule has 0 unspecified atom stereocenters. The highest BCUT2D eigenvalue weighted by Gasteiger charge is 2.33. The maximum absolute atomic E-state index is 14.2. The van der Waals surface area contributed by atoms with Crippen molar-refractivity contribution in [2.75, 3.05) is 17.2 Å². The molecule has 0 aliphatic rings. The van der Waals surface area contributed by atoms with Crippen molar-refractivity contribution in [3.63, 3.8) is 0 Å². The highest BCUT2D eigenvalue weighted by molar-refractivity contribution is 6.36. The number of benzene rings is 3. The number of nitriles is 2. The average molecular weight is 633 g/mol. The fourth-order valence-corrected chi connectivity index (χ4v) is 5.32. The number of aromatic nitrogens is 4. The number of aliphatic hydroxyl groups excluding tert-OH is 1. The summed E-state index contributed by atoms with van der Waals surface area (Å²) in [5.74, 6) is 0. The van der Waals surface area contributed by atoms with Crippen molar-refractivity contribution in [1.82, 2.24) is 20.0 Å². The van der Waals surface area contributed by atoms with Crippen molar-refractivity contribution in [3.05, 3.63) is 112 Å². The van der Waals surface area contributed by atoms with E-state index in [9.17, 15) is 19.3 Å². The first-order valence-electron chi connectivity index (χ1n) is 13.4. The first kappa shape index (κ1) is 30.6. The van der Waals surface area contributed by atoms with Gasteiger partial charge in [-0.1, -0.05) is 76.9 Å². The van der Waals surface area contributed by atoms with Crippen LogP contribution in [0.1, 0.15) is 47.3 Å². The number of aliphatic hydroxyl groups is 1. The topological polar surface area (TPSA) is 135 Å². The lowest BCUT2D eigenvalue weighted by atomic mass is 10.00. The Labute approximate surface area is 261 Å². The Hall–Kier alpha value is -4.81. The molecule has 0 aliphatic carbocycles. The number of hydrogen-bond donors (Lipinski definition) is 3. The van der Waals surface area contributed by atoms with Crippen molar-refractivity contribution in [2.24, 2.45) is 0 Å². The molecule has 2 atom stereocenters. The lowest BCUT2D eigenvalue weighted by molar-refractivity contribution is -0.131. The van der Waals surface area contributed by atoms with Gasteiger partial charge in [0.25, 0.3) is 0 Å². The number of hydrogen-bond acceptors (Lipinski definition) is 8. The summed E-state index contributed by atoms with van der Waals surface area (Å²) in [5, 5.41) is 43.8. The molecule has 2 aromatic heterocycles. The number of nitrogens with one attached hydrogen (secondary N) is 2. The van der Waals surface area contributed by atoms with Crippen LogP contribution in [0.2, 0.25) is 10.0 Å². The Morgan fingerprint density at radius 3 is 2.45 bits per heavy atom. The normalized spacial score (nSPS) is 12.7. The van der Waals surface area contributed by atoms with Crippen LogP contribution in [0, 0.1) is 22.7 Å². The molecule has 44 heavy (non-hydrogen) atoms. The van der Waals surface area contributed by atoms with E-state index in [-0.39, 0.29) is 33.4 Å². The summed E-state index contributed by atoms with van der Waals surface area (Å²) in [6.07, 6.45) is 3.22. The third kappa shape index (κ3) is 6.41. The number of anilines is 2. The summed E-state index contributed by atoms with van der Waals surface area (Å²) in [5.41, 5.74) is 3.16. The maximum Gasteiger partial charge on any atom is 0.367 e. The van der Waals surface area contributed by atoms with Gasteiger partial charge in [0.15, 0.2) is 0 Å². The first-order valence-corrected chi connectivity index (χ1v) is 14.1. The smallest absolute Gasteiger partial charge is 0.367 e. The van der Waals surface area contributed by atoms with Gasteiger partial charge in [-0.25, -0.2) is 0 Å². The summed E-state index contributed by atoms with van der Waals surface area (Å²) in [6.45, 7) is -1.46. The second-order valence-corrected chi connectivity index (χ2v) is 10.6. The van der Waals surface area contributed by atoms with Crippen LogP contribution in [0.15, 0.2) is 79.1 Å². The monoisotopic (exact) mass is 632 g/mol. The van der Waals surface area contributed by atoms with E-state index in [2.05, 4.69) is 38.1 Å². The average Bonchev–Trinajstić information content (AvgIpc) is 3.54. The minimum atomic E-state index is -3.66. The van der Waals surface area contributed by atoms with Gasteiger partial charge in [0.1, 0.15) is 18.4 Å². The van der Waals surface area contributed by atoms with E-state index in [1.54, 1.807) is 36.4 Å². The molecule has 0 amide bonds. The predicted octanol–water partition coefficient (Wildman–Crippen LogP) is 7.20. The van der Waals surface area contributed by atoms with Crippen LogP contribution >= 0.6 is 23.2 Å². The molecule has 0 fully saturated rings. The highest BCUT2D eigenvalue weighted by Crippen LogP contribution is 2.38. The van der Waals surface area contributed by atoms with Crippen molar-refractivity contribution in [2.45, 2.75) is 31.0 Å². The molecule has 0 bridgehead atoms. The molecular weight excluding hydrogens is 609 g/mol. The zero-order chi connectivity index (χ0) is 31.3. The number of nitrogens with zero attached hydrogens (tertiary/aromatic N) is 6. The van der Waals surface area contributed by atoms with Crippen molar-refractivity contribution >= 4 is 45.5 Å². The summed E-state index contributed by atoms with van der Waals surface area (Å²) in [4.78, 5) is 4.42. The van der Waals surface area contributed by atoms with Crippen molar-refractivity contribution < 1.29 is 13.9 Å². The first-order chi connectivity index (χ1) is 21.2. The number of halogens is 4. The van der Waals surface area contributed by atoms with Gasteiger partial charge in [0, 0.05) is 28.7 Å². The molecule has 5 aromatic rings. The molecule has 222 valence electrons. The largest absolute Gasteiger partial charge is 0.388 e.